The van der Waals surface area contributed by atoms with E-state index in [-0.39, 0.29) is 12.2 Å². The van der Waals surface area contributed by atoms with Gasteiger partial charge in [0.25, 0.3) is 0 Å². The van der Waals surface area contributed by atoms with Gasteiger partial charge in [0.05, 0.1) is 31.0 Å². The van der Waals surface area contributed by atoms with Crippen molar-refractivity contribution in [3.63, 3.8) is 0 Å². The number of rotatable bonds is 3. The van der Waals surface area contributed by atoms with Crippen molar-refractivity contribution in [3.05, 3.63) is 6.20 Å². The minimum atomic E-state index is -0.358. The molecule has 1 aliphatic heterocycles. The summed E-state index contributed by atoms with van der Waals surface area (Å²) in [5.41, 5.74) is 0. The highest BCUT2D eigenvalue weighted by atomic mass is 32.1. The summed E-state index contributed by atoms with van der Waals surface area (Å²) in [4.78, 5) is 10.6. The summed E-state index contributed by atoms with van der Waals surface area (Å²) >= 11 is 1.14. The molecule has 70 valence electrons. The molecule has 1 aliphatic rings. The first-order valence-electron chi connectivity index (χ1n) is 3.80. The topological polar surface area (TPSA) is 76.1 Å². The molecule has 2 rings (SSSR count). The van der Waals surface area contributed by atoms with Gasteiger partial charge in [-0.15, -0.1) is 0 Å². The Kier molecular flexibility index (Phi) is 2.26. The molecule has 1 amide bonds. The Bertz CT molecular complexity index is 289. The molecule has 6 nitrogen and oxygen atoms in total. The molecule has 0 bridgehead atoms. The standard InChI is InChI=1S/C6H8N4O2S/c11-6-8-2-4(12-6)1-7-5-3-9-13-10-5/h3-4H,1-2H2,(H,7,10)(H,8,11)/t4-/m0/s1. The van der Waals surface area contributed by atoms with Crippen LogP contribution in [0.2, 0.25) is 0 Å². The van der Waals surface area contributed by atoms with Gasteiger partial charge < -0.3 is 15.4 Å². The number of ether oxygens (including phenoxy) is 1. The van der Waals surface area contributed by atoms with Gasteiger partial charge in [-0.25, -0.2) is 4.79 Å². The zero-order valence-electron chi connectivity index (χ0n) is 6.69. The van der Waals surface area contributed by atoms with Crippen molar-refractivity contribution in [2.75, 3.05) is 18.4 Å². The van der Waals surface area contributed by atoms with Gasteiger partial charge in [0.2, 0.25) is 0 Å². The Morgan fingerprint density at radius 2 is 2.77 bits per heavy atom. The van der Waals surface area contributed by atoms with Crippen LogP contribution in [0.5, 0.6) is 0 Å². The Morgan fingerprint density at radius 1 is 1.85 bits per heavy atom. The van der Waals surface area contributed by atoms with E-state index >= 15 is 0 Å². The Balaban J connectivity index is 1.77. The number of hydrogen-bond donors (Lipinski definition) is 2. The van der Waals surface area contributed by atoms with E-state index in [1.54, 1.807) is 6.20 Å². The lowest BCUT2D eigenvalue weighted by atomic mass is 10.3. The predicted molar refractivity (Wildman–Crippen MR) is 46.7 cm³/mol. The highest BCUT2D eigenvalue weighted by Crippen LogP contribution is 2.04. The molecule has 0 aromatic carbocycles. The lowest BCUT2D eigenvalue weighted by molar-refractivity contribution is 0.145. The normalized spacial score (nSPS) is 20.9. The van der Waals surface area contributed by atoms with Crippen LogP contribution in [0, 0.1) is 0 Å². The van der Waals surface area contributed by atoms with E-state index in [1.807, 2.05) is 0 Å². The molecule has 1 aromatic rings. The number of cyclic esters (lactones) is 1. The van der Waals surface area contributed by atoms with Gasteiger partial charge in [0.15, 0.2) is 5.82 Å². The number of hydrogen-bond acceptors (Lipinski definition) is 6. The van der Waals surface area contributed by atoms with Crippen molar-refractivity contribution in [2.45, 2.75) is 6.10 Å². The number of amides is 1. The smallest absolute Gasteiger partial charge is 0.407 e. The number of carbonyl (C=O) groups excluding carboxylic acids is 1. The zero-order valence-corrected chi connectivity index (χ0v) is 7.50. The van der Waals surface area contributed by atoms with E-state index in [1.165, 1.54) is 0 Å². The maximum atomic E-state index is 10.6. The third kappa shape index (κ3) is 2.05. The lowest BCUT2D eigenvalue weighted by Gasteiger charge is -2.07. The molecule has 0 unspecified atom stereocenters. The number of anilines is 1. The fourth-order valence-electron chi connectivity index (χ4n) is 1.01. The average Bonchev–Trinajstić information content (AvgIpc) is 2.71. The third-order valence-electron chi connectivity index (χ3n) is 1.62. The van der Waals surface area contributed by atoms with Crippen molar-refractivity contribution in [2.24, 2.45) is 0 Å². The van der Waals surface area contributed by atoms with Gasteiger partial charge in [-0.1, -0.05) is 0 Å². The van der Waals surface area contributed by atoms with Crippen molar-refractivity contribution in [3.8, 4) is 0 Å². The molecule has 0 radical (unpaired) electrons. The molecular weight excluding hydrogens is 192 g/mol. The minimum Gasteiger partial charge on any atom is -0.442 e. The summed E-state index contributed by atoms with van der Waals surface area (Å²) in [7, 11) is 0. The summed E-state index contributed by atoms with van der Waals surface area (Å²) < 4.78 is 12.7. The van der Waals surface area contributed by atoms with Gasteiger partial charge in [0.1, 0.15) is 6.10 Å². The number of carbonyl (C=O) groups is 1. The minimum absolute atomic E-state index is 0.116. The molecule has 1 fully saturated rings. The molecule has 1 aromatic heterocycles. The monoisotopic (exact) mass is 200 g/mol. The SMILES string of the molecule is O=C1NC[C@H](CNc2cnsn2)O1. The second-order valence-electron chi connectivity index (χ2n) is 2.58. The first-order valence-corrected chi connectivity index (χ1v) is 4.53. The summed E-state index contributed by atoms with van der Waals surface area (Å²) in [5, 5.41) is 5.57. The van der Waals surface area contributed by atoms with Gasteiger partial charge in [-0.2, -0.15) is 8.75 Å². The van der Waals surface area contributed by atoms with Crippen molar-refractivity contribution in [1.29, 1.82) is 0 Å². The summed E-state index contributed by atoms with van der Waals surface area (Å²) in [6.07, 6.45) is 1.16. The molecule has 1 atom stereocenters. The predicted octanol–water partition coefficient (Wildman–Crippen LogP) is 0.0584. The van der Waals surface area contributed by atoms with Crippen LogP contribution in [0.25, 0.3) is 0 Å². The fourth-order valence-corrected chi connectivity index (χ4v) is 1.40. The van der Waals surface area contributed by atoms with Crippen molar-refractivity contribution < 1.29 is 9.53 Å². The second kappa shape index (κ2) is 3.56. The van der Waals surface area contributed by atoms with Crippen LogP contribution in [0.4, 0.5) is 10.6 Å². The van der Waals surface area contributed by atoms with E-state index in [0.717, 1.165) is 11.7 Å². The first-order chi connectivity index (χ1) is 6.34. The molecule has 0 spiro atoms. The maximum absolute atomic E-state index is 10.6. The van der Waals surface area contributed by atoms with E-state index in [2.05, 4.69) is 19.4 Å². The van der Waals surface area contributed by atoms with E-state index in [4.69, 9.17) is 4.74 Å². The van der Waals surface area contributed by atoms with Crippen LogP contribution in [0.3, 0.4) is 0 Å². The van der Waals surface area contributed by atoms with E-state index < -0.39 is 0 Å². The maximum Gasteiger partial charge on any atom is 0.407 e. The first kappa shape index (κ1) is 8.24. The van der Waals surface area contributed by atoms with Gasteiger partial charge in [-0.05, 0) is 0 Å². The number of aromatic nitrogens is 2. The average molecular weight is 200 g/mol. The Morgan fingerprint density at radius 3 is 3.38 bits per heavy atom. The number of alkyl carbamates (subject to hydrolysis) is 1. The molecule has 7 heteroatoms. The van der Waals surface area contributed by atoms with Crippen LogP contribution in [0.1, 0.15) is 0 Å². The number of nitrogens with one attached hydrogen (secondary N) is 2. The van der Waals surface area contributed by atoms with Crippen LogP contribution in [0.15, 0.2) is 6.20 Å². The van der Waals surface area contributed by atoms with Crippen LogP contribution in [-0.4, -0.2) is 34.0 Å². The van der Waals surface area contributed by atoms with E-state index in [9.17, 15) is 4.79 Å². The van der Waals surface area contributed by atoms with Crippen LogP contribution >= 0.6 is 11.7 Å². The summed E-state index contributed by atoms with van der Waals surface area (Å²) in [6.45, 7) is 1.10. The lowest BCUT2D eigenvalue weighted by Crippen LogP contribution is -2.23. The third-order valence-corrected chi connectivity index (χ3v) is 2.10. The van der Waals surface area contributed by atoms with Gasteiger partial charge in [0, 0.05) is 0 Å². The number of nitrogens with zero attached hydrogens (tertiary/aromatic N) is 2. The van der Waals surface area contributed by atoms with Crippen molar-refractivity contribution >= 4 is 23.6 Å². The highest BCUT2D eigenvalue weighted by molar-refractivity contribution is 6.99. The molecule has 2 N–H and O–H groups in total. The molecular formula is C6H8N4O2S. The second-order valence-corrected chi connectivity index (χ2v) is 3.14. The largest absolute Gasteiger partial charge is 0.442 e. The molecule has 13 heavy (non-hydrogen) atoms. The van der Waals surface area contributed by atoms with Gasteiger partial charge >= 0.3 is 6.09 Å². The fraction of sp³-hybridized carbons (Fsp3) is 0.500. The summed E-state index contributed by atoms with van der Waals surface area (Å²) in [5.74, 6) is 0.716. The zero-order chi connectivity index (χ0) is 9.10. The van der Waals surface area contributed by atoms with Gasteiger partial charge in [-0.3, -0.25) is 0 Å². The summed E-state index contributed by atoms with van der Waals surface area (Å²) in [6, 6.07) is 0. The molecule has 0 aliphatic carbocycles. The van der Waals surface area contributed by atoms with Crippen LogP contribution in [-0.2, 0) is 4.74 Å². The molecule has 2 heterocycles. The molecule has 1 saturated heterocycles. The quantitative estimate of drug-likeness (QED) is 0.721. The van der Waals surface area contributed by atoms with E-state index in [0.29, 0.717) is 18.9 Å². The Labute approximate surface area is 78.6 Å². The van der Waals surface area contributed by atoms with Crippen molar-refractivity contribution in [1.82, 2.24) is 14.1 Å². The molecule has 0 saturated carbocycles. The Hall–Kier alpha value is -1.37. The highest BCUT2D eigenvalue weighted by Gasteiger charge is 2.21. The van der Waals surface area contributed by atoms with Crippen LogP contribution < -0.4 is 10.6 Å².